The number of fused-ring (bicyclic) bond motifs is 1. The molecule has 23 heavy (non-hydrogen) atoms. The number of amides is 1. The highest BCUT2D eigenvalue weighted by atomic mass is 16.1. The summed E-state index contributed by atoms with van der Waals surface area (Å²) in [6, 6.07) is 6.85. The quantitative estimate of drug-likeness (QED) is 0.892. The molecule has 1 amide bonds. The molecule has 2 aliphatic rings. The zero-order valence-electron chi connectivity index (χ0n) is 13.6. The Kier molecular flexibility index (Phi) is 3.81. The lowest BCUT2D eigenvalue weighted by molar-refractivity contribution is -0.122. The number of piperidine rings is 2. The molecular formula is C18H24N4O. The summed E-state index contributed by atoms with van der Waals surface area (Å²) in [4.78, 5) is 11.4. The average molecular weight is 312 g/mol. The maximum absolute atomic E-state index is 11.4. The number of carbonyl (C=O) groups excluding carboxylic acids is 1. The van der Waals surface area contributed by atoms with E-state index in [-0.39, 0.29) is 5.91 Å². The molecule has 2 saturated heterocycles. The molecule has 0 saturated carbocycles. The van der Waals surface area contributed by atoms with Crippen LogP contribution in [0.3, 0.4) is 0 Å². The largest absolute Gasteiger partial charge is 0.355 e. The zero-order valence-corrected chi connectivity index (χ0v) is 13.6. The third-order valence-electron chi connectivity index (χ3n) is 5.37. The standard InChI is InChI=1S/C18H24N4O/c1-22-16-10-13(12-6-8-19-9-7-12)2-4-15(16)18(21-22)14-3-5-17(23)20-11-14/h2,4,10,12,14,19H,3,5-9,11H2,1H3,(H,20,23). The van der Waals surface area contributed by atoms with Gasteiger partial charge in [0.25, 0.3) is 0 Å². The molecule has 2 aliphatic heterocycles. The zero-order chi connectivity index (χ0) is 15.8. The lowest BCUT2D eigenvalue weighted by Crippen LogP contribution is -2.33. The lowest BCUT2D eigenvalue weighted by Gasteiger charge is -2.23. The predicted octanol–water partition coefficient (Wildman–Crippen LogP) is 2.03. The summed E-state index contributed by atoms with van der Waals surface area (Å²) in [5, 5.41) is 12.4. The Balaban J connectivity index is 1.67. The number of hydrogen-bond acceptors (Lipinski definition) is 3. The molecule has 1 aromatic carbocycles. The van der Waals surface area contributed by atoms with Crippen molar-refractivity contribution in [2.45, 2.75) is 37.5 Å². The van der Waals surface area contributed by atoms with E-state index in [9.17, 15) is 4.79 Å². The van der Waals surface area contributed by atoms with Crippen molar-refractivity contribution >= 4 is 16.8 Å². The minimum Gasteiger partial charge on any atom is -0.355 e. The van der Waals surface area contributed by atoms with Gasteiger partial charge in [0.15, 0.2) is 0 Å². The molecule has 1 aromatic heterocycles. The van der Waals surface area contributed by atoms with E-state index in [0.717, 1.165) is 25.2 Å². The first-order valence-corrected chi connectivity index (χ1v) is 8.66. The Morgan fingerprint density at radius 3 is 2.74 bits per heavy atom. The predicted molar refractivity (Wildman–Crippen MR) is 90.5 cm³/mol. The highest BCUT2D eigenvalue weighted by Gasteiger charge is 2.25. The van der Waals surface area contributed by atoms with Crippen LogP contribution in [0.4, 0.5) is 0 Å². The first-order valence-electron chi connectivity index (χ1n) is 8.66. The van der Waals surface area contributed by atoms with Crippen molar-refractivity contribution < 1.29 is 4.79 Å². The average Bonchev–Trinajstić information content (AvgIpc) is 2.93. The van der Waals surface area contributed by atoms with Crippen LogP contribution in [0.15, 0.2) is 18.2 Å². The number of aryl methyl sites for hydroxylation is 1. The summed E-state index contributed by atoms with van der Waals surface area (Å²) in [5.41, 5.74) is 3.79. The van der Waals surface area contributed by atoms with Gasteiger partial charge in [0.1, 0.15) is 0 Å². The van der Waals surface area contributed by atoms with E-state index >= 15 is 0 Å². The fraction of sp³-hybridized carbons (Fsp3) is 0.556. The first kappa shape index (κ1) is 14.7. The van der Waals surface area contributed by atoms with Crippen molar-refractivity contribution in [2.24, 2.45) is 7.05 Å². The molecule has 4 rings (SSSR count). The van der Waals surface area contributed by atoms with Gasteiger partial charge in [-0.1, -0.05) is 12.1 Å². The second-order valence-electron chi connectivity index (χ2n) is 6.85. The number of hydrogen-bond donors (Lipinski definition) is 2. The lowest BCUT2D eigenvalue weighted by atomic mass is 9.88. The summed E-state index contributed by atoms with van der Waals surface area (Å²) >= 11 is 0. The monoisotopic (exact) mass is 312 g/mol. The Bertz CT molecular complexity index is 720. The van der Waals surface area contributed by atoms with Crippen LogP contribution in [0.1, 0.15) is 48.8 Å². The van der Waals surface area contributed by atoms with Gasteiger partial charge in [0.05, 0.1) is 11.2 Å². The van der Waals surface area contributed by atoms with Gasteiger partial charge in [0, 0.05) is 31.3 Å². The molecule has 2 fully saturated rings. The van der Waals surface area contributed by atoms with Gasteiger partial charge in [0.2, 0.25) is 5.91 Å². The van der Waals surface area contributed by atoms with Crippen LogP contribution in [0, 0.1) is 0 Å². The van der Waals surface area contributed by atoms with E-state index < -0.39 is 0 Å². The maximum Gasteiger partial charge on any atom is 0.220 e. The summed E-state index contributed by atoms with van der Waals surface area (Å²) < 4.78 is 2.01. The van der Waals surface area contributed by atoms with Crippen LogP contribution in [0.2, 0.25) is 0 Å². The van der Waals surface area contributed by atoms with Crippen molar-refractivity contribution in [1.82, 2.24) is 20.4 Å². The van der Waals surface area contributed by atoms with Crippen LogP contribution in [0.5, 0.6) is 0 Å². The number of benzene rings is 1. The minimum absolute atomic E-state index is 0.162. The topological polar surface area (TPSA) is 59.0 Å². The number of nitrogens with one attached hydrogen (secondary N) is 2. The molecule has 1 atom stereocenters. The van der Waals surface area contributed by atoms with Gasteiger partial charge in [-0.15, -0.1) is 0 Å². The van der Waals surface area contributed by atoms with Gasteiger partial charge in [-0.2, -0.15) is 5.10 Å². The van der Waals surface area contributed by atoms with E-state index in [2.05, 4.69) is 28.8 Å². The van der Waals surface area contributed by atoms with Crippen LogP contribution >= 0.6 is 0 Å². The summed E-state index contributed by atoms with van der Waals surface area (Å²) in [6.45, 7) is 2.93. The van der Waals surface area contributed by atoms with Crippen molar-refractivity contribution in [3.8, 4) is 0 Å². The molecule has 1 unspecified atom stereocenters. The number of carbonyl (C=O) groups is 1. The van der Waals surface area contributed by atoms with Crippen LogP contribution < -0.4 is 10.6 Å². The molecule has 2 N–H and O–H groups in total. The Hall–Kier alpha value is -1.88. The molecule has 3 heterocycles. The smallest absolute Gasteiger partial charge is 0.220 e. The fourth-order valence-corrected chi connectivity index (χ4v) is 3.98. The van der Waals surface area contributed by atoms with E-state index in [0.29, 0.717) is 24.8 Å². The Morgan fingerprint density at radius 1 is 1.17 bits per heavy atom. The van der Waals surface area contributed by atoms with Crippen LogP contribution in [-0.2, 0) is 11.8 Å². The number of rotatable bonds is 2. The van der Waals surface area contributed by atoms with Gasteiger partial charge in [-0.05, 0) is 49.9 Å². The molecule has 0 bridgehead atoms. The van der Waals surface area contributed by atoms with Crippen molar-refractivity contribution in [3.05, 3.63) is 29.5 Å². The van der Waals surface area contributed by atoms with Crippen molar-refractivity contribution in [1.29, 1.82) is 0 Å². The summed E-state index contributed by atoms with van der Waals surface area (Å²) in [7, 11) is 2.03. The van der Waals surface area contributed by atoms with Gasteiger partial charge in [-0.3, -0.25) is 9.48 Å². The van der Waals surface area contributed by atoms with Gasteiger partial charge < -0.3 is 10.6 Å². The molecule has 5 heteroatoms. The Labute approximate surface area is 136 Å². The summed E-state index contributed by atoms with van der Waals surface area (Å²) in [6.07, 6.45) is 3.93. The van der Waals surface area contributed by atoms with E-state index in [1.54, 1.807) is 0 Å². The van der Waals surface area contributed by atoms with E-state index in [1.165, 1.54) is 29.3 Å². The second-order valence-corrected chi connectivity index (χ2v) is 6.85. The van der Waals surface area contributed by atoms with Crippen molar-refractivity contribution in [3.63, 3.8) is 0 Å². The van der Waals surface area contributed by atoms with Crippen LogP contribution in [-0.4, -0.2) is 35.3 Å². The summed E-state index contributed by atoms with van der Waals surface area (Å²) in [5.74, 6) is 1.16. The molecule has 0 spiro atoms. The molecule has 5 nitrogen and oxygen atoms in total. The number of aromatic nitrogens is 2. The highest BCUT2D eigenvalue weighted by molar-refractivity contribution is 5.84. The highest BCUT2D eigenvalue weighted by Crippen LogP contribution is 2.33. The minimum atomic E-state index is 0.162. The maximum atomic E-state index is 11.4. The first-order chi connectivity index (χ1) is 11.2. The van der Waals surface area contributed by atoms with Gasteiger partial charge in [-0.25, -0.2) is 0 Å². The SMILES string of the molecule is Cn1nc(C2CCC(=O)NC2)c2ccc(C3CCNCC3)cc21. The van der Waals surface area contributed by atoms with Crippen LogP contribution in [0.25, 0.3) is 10.9 Å². The third kappa shape index (κ3) is 2.74. The Morgan fingerprint density at radius 2 is 2.00 bits per heavy atom. The molecule has 0 aliphatic carbocycles. The second kappa shape index (κ2) is 5.96. The number of nitrogens with zero attached hydrogens (tertiary/aromatic N) is 2. The molecular weight excluding hydrogens is 288 g/mol. The van der Waals surface area contributed by atoms with E-state index in [4.69, 9.17) is 5.10 Å². The molecule has 122 valence electrons. The third-order valence-corrected chi connectivity index (χ3v) is 5.37. The van der Waals surface area contributed by atoms with Crippen molar-refractivity contribution in [2.75, 3.05) is 19.6 Å². The van der Waals surface area contributed by atoms with Gasteiger partial charge >= 0.3 is 0 Å². The van der Waals surface area contributed by atoms with E-state index in [1.807, 2.05) is 11.7 Å². The molecule has 0 radical (unpaired) electrons. The molecule has 2 aromatic rings. The fourth-order valence-electron chi connectivity index (χ4n) is 3.98. The normalized spacial score (nSPS) is 23.2.